The van der Waals surface area contributed by atoms with Crippen LogP contribution >= 0.6 is 0 Å². The van der Waals surface area contributed by atoms with Gasteiger partial charge in [-0.05, 0) is 73.2 Å². The van der Waals surface area contributed by atoms with Gasteiger partial charge in [0.15, 0.2) is 0 Å². The van der Waals surface area contributed by atoms with Crippen LogP contribution < -0.4 is 9.64 Å². The quantitative estimate of drug-likeness (QED) is 0.171. The minimum absolute atomic E-state index is 0.0383. The van der Waals surface area contributed by atoms with Gasteiger partial charge in [-0.1, -0.05) is 51.1 Å². The molecule has 2 N–H and O–H groups in total. The van der Waals surface area contributed by atoms with Crippen molar-refractivity contribution in [2.75, 3.05) is 12.0 Å². The normalized spacial score (nSPS) is 17.3. The van der Waals surface area contributed by atoms with Gasteiger partial charge in [0.2, 0.25) is 0 Å². The van der Waals surface area contributed by atoms with Crippen molar-refractivity contribution in [3.8, 4) is 5.75 Å². The average Bonchev–Trinajstić information content (AvgIpc) is 3.34. The average molecular weight is 523 g/mol. The first-order valence-electron chi connectivity index (χ1n) is 13.1. The molecule has 1 aliphatic heterocycles. The lowest BCUT2D eigenvalue weighted by Gasteiger charge is -2.27. The third kappa shape index (κ3) is 4.40. The molecule has 5 rings (SSSR count). The van der Waals surface area contributed by atoms with E-state index < -0.39 is 17.7 Å². The number of hydrogen-bond acceptors (Lipinski definition) is 4. The number of nitrogens with one attached hydrogen (secondary N) is 1. The van der Waals surface area contributed by atoms with E-state index in [-0.39, 0.29) is 16.7 Å². The second kappa shape index (κ2) is 9.45. The number of aromatic nitrogens is 1. The summed E-state index contributed by atoms with van der Waals surface area (Å²) in [4.78, 5) is 32.6. The molecule has 0 aliphatic carbocycles. The number of amides is 1. The second-order valence-electron chi connectivity index (χ2n) is 11.4. The van der Waals surface area contributed by atoms with Crippen LogP contribution in [0.15, 0.2) is 66.2 Å². The Labute approximate surface area is 228 Å². The van der Waals surface area contributed by atoms with Crippen molar-refractivity contribution in [2.24, 2.45) is 0 Å². The van der Waals surface area contributed by atoms with Crippen LogP contribution in [-0.2, 0) is 15.0 Å². The maximum Gasteiger partial charge on any atom is 0.300 e. The van der Waals surface area contributed by atoms with Crippen molar-refractivity contribution in [2.45, 2.75) is 53.0 Å². The van der Waals surface area contributed by atoms with Gasteiger partial charge in [0.05, 0.1) is 24.3 Å². The molecule has 6 heteroatoms. The van der Waals surface area contributed by atoms with E-state index in [0.29, 0.717) is 17.0 Å². The number of methoxy groups -OCH3 is 1. The van der Waals surface area contributed by atoms with Gasteiger partial charge >= 0.3 is 0 Å². The summed E-state index contributed by atoms with van der Waals surface area (Å²) >= 11 is 0. The van der Waals surface area contributed by atoms with Crippen molar-refractivity contribution in [3.05, 3.63) is 99.7 Å². The van der Waals surface area contributed by atoms with Crippen LogP contribution in [-0.4, -0.2) is 28.9 Å². The lowest BCUT2D eigenvalue weighted by molar-refractivity contribution is -0.132. The first kappa shape index (κ1) is 26.3. The number of nitrogens with zero attached hydrogens (tertiary/aromatic N) is 1. The number of carbonyl (C=O) groups excluding carboxylic acids is 2. The molecule has 1 aliphatic rings. The Morgan fingerprint density at radius 2 is 1.62 bits per heavy atom. The van der Waals surface area contributed by atoms with Crippen LogP contribution in [0.25, 0.3) is 16.7 Å². The number of aliphatic hydroxyl groups excluding tert-OH is 1. The highest BCUT2D eigenvalue weighted by atomic mass is 16.5. The maximum atomic E-state index is 13.8. The summed E-state index contributed by atoms with van der Waals surface area (Å²) in [7, 11) is 1.53. The molecule has 0 saturated carbocycles. The zero-order valence-electron chi connectivity index (χ0n) is 23.5. The third-order valence-corrected chi connectivity index (χ3v) is 7.47. The van der Waals surface area contributed by atoms with Crippen LogP contribution in [0.3, 0.4) is 0 Å². The Morgan fingerprint density at radius 1 is 0.949 bits per heavy atom. The predicted octanol–water partition coefficient (Wildman–Crippen LogP) is 7.03. The number of ether oxygens (including phenoxy) is 1. The zero-order valence-corrected chi connectivity index (χ0v) is 23.5. The minimum Gasteiger partial charge on any atom is -0.507 e. The van der Waals surface area contributed by atoms with Gasteiger partial charge in [-0.3, -0.25) is 14.5 Å². The number of hydrogen-bond donors (Lipinski definition) is 2. The van der Waals surface area contributed by atoms with E-state index in [9.17, 15) is 14.7 Å². The fourth-order valence-electron chi connectivity index (χ4n) is 5.62. The SMILES string of the molecule is COc1ccc(C(C)(C)C)cc1/C(O)=C1\C(=O)C(=O)N(c2cc(C)cc(C)c2)C1c1c(C)[nH]c2ccccc12. The number of aromatic amines is 1. The molecule has 2 heterocycles. The number of benzene rings is 3. The van der Waals surface area contributed by atoms with Crippen molar-refractivity contribution in [1.82, 2.24) is 4.98 Å². The minimum atomic E-state index is -0.842. The summed E-state index contributed by atoms with van der Waals surface area (Å²) in [5.74, 6) is -1.24. The molecule has 1 amide bonds. The molecule has 0 radical (unpaired) electrons. The van der Waals surface area contributed by atoms with Crippen LogP contribution in [0.4, 0.5) is 5.69 Å². The Kier molecular flexibility index (Phi) is 6.37. The lowest BCUT2D eigenvalue weighted by Crippen LogP contribution is -2.29. The summed E-state index contributed by atoms with van der Waals surface area (Å²) < 4.78 is 5.61. The standard InChI is InChI=1S/C33H34N2O4/c1-18-14-19(2)16-22(15-18)35-29(27-20(3)34-25-11-9-8-10-23(25)27)28(31(37)32(35)38)30(36)24-17-21(33(4,5)6)12-13-26(24)39-7/h8-17,29,34,36H,1-7H3/b30-28+. The summed E-state index contributed by atoms with van der Waals surface area (Å²) in [5, 5.41) is 12.8. The smallest absolute Gasteiger partial charge is 0.300 e. The number of Topliss-reactive ketones (excluding diaryl/α,β-unsaturated/α-hetero) is 1. The van der Waals surface area contributed by atoms with Gasteiger partial charge in [0, 0.05) is 27.8 Å². The van der Waals surface area contributed by atoms with Gasteiger partial charge < -0.3 is 14.8 Å². The molecule has 0 spiro atoms. The van der Waals surface area contributed by atoms with Crippen molar-refractivity contribution >= 4 is 34.0 Å². The van der Waals surface area contributed by atoms with Gasteiger partial charge in [0.1, 0.15) is 11.5 Å². The van der Waals surface area contributed by atoms with Crippen LogP contribution in [0.1, 0.15) is 60.3 Å². The van der Waals surface area contributed by atoms with Crippen molar-refractivity contribution in [1.29, 1.82) is 0 Å². The molecule has 39 heavy (non-hydrogen) atoms. The number of H-pyrrole nitrogens is 1. The summed E-state index contributed by atoms with van der Waals surface area (Å²) in [6, 6.07) is 18.4. The van der Waals surface area contributed by atoms with Gasteiger partial charge in [-0.15, -0.1) is 0 Å². The largest absolute Gasteiger partial charge is 0.507 e. The lowest BCUT2D eigenvalue weighted by atomic mass is 9.85. The first-order valence-corrected chi connectivity index (χ1v) is 13.1. The third-order valence-electron chi connectivity index (χ3n) is 7.47. The summed E-state index contributed by atoms with van der Waals surface area (Å²) in [6.45, 7) is 12.1. The topological polar surface area (TPSA) is 82.6 Å². The van der Waals surface area contributed by atoms with Crippen molar-refractivity contribution in [3.63, 3.8) is 0 Å². The van der Waals surface area contributed by atoms with E-state index in [4.69, 9.17) is 4.74 Å². The first-order chi connectivity index (χ1) is 18.4. The summed E-state index contributed by atoms with van der Waals surface area (Å²) in [6.07, 6.45) is 0. The number of anilines is 1. The van der Waals surface area contributed by atoms with E-state index in [2.05, 4.69) is 25.8 Å². The number of rotatable bonds is 4. The number of aliphatic hydroxyl groups is 1. The van der Waals surface area contributed by atoms with E-state index in [0.717, 1.165) is 38.9 Å². The molecule has 1 saturated heterocycles. The molecule has 1 aromatic heterocycles. The van der Waals surface area contributed by atoms with E-state index in [1.54, 1.807) is 6.07 Å². The number of fused-ring (bicyclic) bond motifs is 1. The maximum absolute atomic E-state index is 13.8. The predicted molar refractivity (Wildman–Crippen MR) is 155 cm³/mol. The number of ketones is 1. The van der Waals surface area contributed by atoms with Crippen LogP contribution in [0, 0.1) is 20.8 Å². The molecule has 200 valence electrons. The Morgan fingerprint density at radius 3 is 2.26 bits per heavy atom. The molecule has 1 fully saturated rings. The van der Waals surface area contributed by atoms with E-state index in [1.165, 1.54) is 12.0 Å². The molecule has 1 atom stereocenters. The van der Waals surface area contributed by atoms with Gasteiger partial charge in [-0.2, -0.15) is 0 Å². The van der Waals surface area contributed by atoms with Crippen LogP contribution in [0.5, 0.6) is 5.75 Å². The molecule has 6 nitrogen and oxygen atoms in total. The Bertz CT molecular complexity index is 1650. The molecule has 0 bridgehead atoms. The van der Waals surface area contributed by atoms with E-state index in [1.807, 2.05) is 75.4 Å². The van der Waals surface area contributed by atoms with Crippen molar-refractivity contribution < 1.29 is 19.4 Å². The monoisotopic (exact) mass is 522 g/mol. The van der Waals surface area contributed by atoms with Gasteiger partial charge in [-0.25, -0.2) is 0 Å². The summed E-state index contributed by atoms with van der Waals surface area (Å²) in [5.41, 5.74) is 6.22. The molecule has 3 aromatic carbocycles. The second-order valence-corrected chi connectivity index (χ2v) is 11.4. The van der Waals surface area contributed by atoms with Crippen LogP contribution in [0.2, 0.25) is 0 Å². The molecular weight excluding hydrogens is 488 g/mol. The number of para-hydroxylation sites is 1. The number of carbonyl (C=O) groups is 2. The highest BCUT2D eigenvalue weighted by Gasteiger charge is 2.48. The highest BCUT2D eigenvalue weighted by Crippen LogP contribution is 2.47. The molecule has 1 unspecified atom stereocenters. The molecule has 4 aromatic rings. The number of aryl methyl sites for hydroxylation is 3. The zero-order chi connectivity index (χ0) is 28.2. The van der Waals surface area contributed by atoms with Gasteiger partial charge in [0.25, 0.3) is 11.7 Å². The van der Waals surface area contributed by atoms with E-state index >= 15 is 0 Å². The fourth-order valence-corrected chi connectivity index (χ4v) is 5.62. The Balaban J connectivity index is 1.85. The fraction of sp³-hybridized carbons (Fsp3) is 0.273. The Hall–Kier alpha value is -4.32. The highest BCUT2D eigenvalue weighted by molar-refractivity contribution is 6.52. The molecular formula is C33H34N2O4.